The minimum atomic E-state index is -4.31. The van der Waals surface area contributed by atoms with Crippen LogP contribution >= 0.6 is 0 Å². The second-order valence-electron chi connectivity index (χ2n) is 8.68. The van der Waals surface area contributed by atoms with Gasteiger partial charge in [0.1, 0.15) is 6.10 Å². The van der Waals surface area contributed by atoms with E-state index in [1.807, 2.05) is 0 Å². The van der Waals surface area contributed by atoms with Gasteiger partial charge in [0.05, 0.1) is 17.3 Å². The lowest BCUT2D eigenvalue weighted by molar-refractivity contribution is -0.137. The third kappa shape index (κ3) is 5.15. The van der Waals surface area contributed by atoms with Gasteiger partial charge in [-0.2, -0.15) is 13.2 Å². The third-order valence-electron chi connectivity index (χ3n) is 6.49. The second kappa shape index (κ2) is 8.85. The largest absolute Gasteiger partial charge is 0.416 e. The summed E-state index contributed by atoms with van der Waals surface area (Å²) in [5.74, 6) is -0.0482. The first-order valence-corrected chi connectivity index (χ1v) is 10.8. The van der Waals surface area contributed by atoms with E-state index in [-0.39, 0.29) is 23.7 Å². The Kier molecular flexibility index (Phi) is 6.36. The number of benzene rings is 1. The van der Waals surface area contributed by atoms with Crippen molar-refractivity contribution in [3.05, 3.63) is 35.4 Å². The van der Waals surface area contributed by atoms with Crippen molar-refractivity contribution < 1.29 is 27.4 Å². The Hall–Kier alpha value is -1.64. The van der Waals surface area contributed by atoms with Crippen molar-refractivity contribution in [1.82, 2.24) is 10.2 Å². The fourth-order valence-electron chi connectivity index (χ4n) is 4.74. The van der Waals surface area contributed by atoms with Gasteiger partial charge in [-0.15, -0.1) is 0 Å². The molecule has 3 fully saturated rings. The van der Waals surface area contributed by atoms with E-state index >= 15 is 0 Å². The Labute approximate surface area is 174 Å². The Morgan fingerprint density at radius 1 is 1.20 bits per heavy atom. The number of likely N-dealkylation sites (tertiary alicyclic amines) is 1. The molecule has 0 aliphatic carbocycles. The molecule has 1 aromatic rings. The number of piperidine rings is 1. The highest BCUT2D eigenvalue weighted by Gasteiger charge is 2.42. The zero-order valence-electron chi connectivity index (χ0n) is 17.0. The quantitative estimate of drug-likeness (QED) is 0.783. The monoisotopic (exact) mass is 426 g/mol. The summed E-state index contributed by atoms with van der Waals surface area (Å²) in [6.45, 7) is 3.27. The number of carbonyl (C=O) groups excluding carboxylic acids is 1. The van der Waals surface area contributed by atoms with Crippen LogP contribution in [0.3, 0.4) is 0 Å². The standard InChI is InChI=1S/C22H29F3N2O3/c23-22(24,25)17-4-1-3-16(13-17)15-27-10-8-21(9-11-27)7-6-18(30-21)14-26-20(28)19-5-2-12-29-19/h1,3-4,13,18-19H,2,5-12,14-15H2,(H,26,28). The van der Waals surface area contributed by atoms with Crippen molar-refractivity contribution in [2.24, 2.45) is 0 Å². The van der Waals surface area contributed by atoms with Crippen LogP contribution in [0.15, 0.2) is 24.3 Å². The zero-order valence-corrected chi connectivity index (χ0v) is 17.0. The molecule has 1 spiro atoms. The van der Waals surface area contributed by atoms with Crippen molar-refractivity contribution in [1.29, 1.82) is 0 Å². The van der Waals surface area contributed by atoms with Crippen molar-refractivity contribution in [3.63, 3.8) is 0 Å². The number of nitrogens with zero attached hydrogens (tertiary/aromatic N) is 1. The molecule has 2 unspecified atom stereocenters. The smallest absolute Gasteiger partial charge is 0.370 e. The molecule has 30 heavy (non-hydrogen) atoms. The van der Waals surface area contributed by atoms with Crippen LogP contribution < -0.4 is 5.32 Å². The molecule has 3 aliphatic heterocycles. The summed E-state index contributed by atoms with van der Waals surface area (Å²) in [6.07, 6.45) is 0.703. The van der Waals surface area contributed by atoms with E-state index in [0.29, 0.717) is 25.3 Å². The van der Waals surface area contributed by atoms with Crippen LogP contribution in [-0.4, -0.2) is 54.9 Å². The number of halogens is 3. The summed E-state index contributed by atoms with van der Waals surface area (Å²) in [4.78, 5) is 14.3. The van der Waals surface area contributed by atoms with Crippen molar-refractivity contribution >= 4 is 5.91 Å². The fraction of sp³-hybridized carbons (Fsp3) is 0.682. The lowest BCUT2D eigenvalue weighted by Gasteiger charge is -2.39. The molecule has 5 nitrogen and oxygen atoms in total. The molecule has 1 amide bonds. The van der Waals surface area contributed by atoms with E-state index in [4.69, 9.17) is 9.47 Å². The average molecular weight is 426 g/mol. The van der Waals surface area contributed by atoms with Crippen LogP contribution in [0, 0.1) is 0 Å². The van der Waals surface area contributed by atoms with Gasteiger partial charge in [-0.25, -0.2) is 0 Å². The molecule has 166 valence electrons. The Morgan fingerprint density at radius 3 is 2.70 bits per heavy atom. The predicted molar refractivity (Wildman–Crippen MR) is 105 cm³/mol. The van der Waals surface area contributed by atoms with E-state index in [1.165, 1.54) is 12.1 Å². The van der Waals surface area contributed by atoms with Crippen molar-refractivity contribution in [3.8, 4) is 0 Å². The van der Waals surface area contributed by atoms with Crippen molar-refractivity contribution in [2.75, 3.05) is 26.2 Å². The van der Waals surface area contributed by atoms with Gasteiger partial charge in [0.2, 0.25) is 5.91 Å². The lowest BCUT2D eigenvalue weighted by atomic mass is 9.88. The molecule has 0 saturated carbocycles. The van der Waals surface area contributed by atoms with Crippen LogP contribution in [-0.2, 0) is 27.0 Å². The lowest BCUT2D eigenvalue weighted by Crippen LogP contribution is -2.45. The summed E-state index contributed by atoms with van der Waals surface area (Å²) < 4.78 is 50.5. The maximum absolute atomic E-state index is 12.9. The van der Waals surface area contributed by atoms with E-state index < -0.39 is 11.7 Å². The molecule has 2 atom stereocenters. The normalized spacial score (nSPS) is 26.9. The summed E-state index contributed by atoms with van der Waals surface area (Å²) in [5, 5.41) is 2.96. The number of hydrogen-bond acceptors (Lipinski definition) is 4. The number of nitrogens with one attached hydrogen (secondary N) is 1. The molecule has 1 aromatic carbocycles. The van der Waals surface area contributed by atoms with E-state index in [9.17, 15) is 18.0 Å². The number of amides is 1. The van der Waals surface area contributed by atoms with E-state index in [0.717, 1.165) is 57.7 Å². The van der Waals surface area contributed by atoms with Gasteiger partial charge in [0.15, 0.2) is 0 Å². The van der Waals surface area contributed by atoms with Crippen LogP contribution in [0.1, 0.15) is 49.7 Å². The molecule has 0 radical (unpaired) electrons. The second-order valence-corrected chi connectivity index (χ2v) is 8.68. The van der Waals surface area contributed by atoms with Gasteiger partial charge in [0.25, 0.3) is 0 Å². The van der Waals surface area contributed by atoms with Gasteiger partial charge < -0.3 is 14.8 Å². The van der Waals surface area contributed by atoms with Gasteiger partial charge in [-0.3, -0.25) is 9.69 Å². The maximum Gasteiger partial charge on any atom is 0.416 e. The molecule has 3 aliphatic rings. The highest BCUT2D eigenvalue weighted by atomic mass is 19.4. The Morgan fingerprint density at radius 2 is 2.00 bits per heavy atom. The topological polar surface area (TPSA) is 50.8 Å². The molecular weight excluding hydrogens is 397 g/mol. The van der Waals surface area contributed by atoms with Crippen molar-refractivity contribution in [2.45, 2.75) is 69.1 Å². The average Bonchev–Trinajstić information content (AvgIpc) is 3.39. The SMILES string of the molecule is O=C(NCC1CCC2(CCN(Cc3cccc(C(F)(F)F)c3)CC2)O1)C1CCCO1. The first-order valence-electron chi connectivity index (χ1n) is 10.8. The predicted octanol–water partition coefficient (Wildman–Crippen LogP) is 3.51. The van der Waals surface area contributed by atoms with Gasteiger partial charge >= 0.3 is 6.18 Å². The molecule has 0 bridgehead atoms. The van der Waals surface area contributed by atoms with Gasteiger partial charge in [-0.1, -0.05) is 18.2 Å². The molecule has 0 aromatic heterocycles. The fourth-order valence-corrected chi connectivity index (χ4v) is 4.74. The minimum absolute atomic E-state index is 0.0189. The molecule has 4 rings (SSSR count). The Bertz CT molecular complexity index is 741. The summed E-state index contributed by atoms with van der Waals surface area (Å²) in [7, 11) is 0. The molecule has 3 saturated heterocycles. The van der Waals surface area contributed by atoms with Gasteiger partial charge in [0, 0.05) is 32.8 Å². The zero-order chi connectivity index (χ0) is 21.2. The van der Waals surface area contributed by atoms with Crippen LogP contribution in [0.5, 0.6) is 0 Å². The minimum Gasteiger partial charge on any atom is -0.370 e. The first-order chi connectivity index (χ1) is 14.3. The number of alkyl halides is 3. The molecular formula is C22H29F3N2O3. The highest BCUT2D eigenvalue weighted by molar-refractivity contribution is 5.80. The summed E-state index contributed by atoms with van der Waals surface area (Å²) in [6, 6.07) is 5.57. The van der Waals surface area contributed by atoms with Crippen LogP contribution in [0.4, 0.5) is 13.2 Å². The number of ether oxygens (including phenoxy) is 2. The molecule has 8 heteroatoms. The summed E-state index contributed by atoms with van der Waals surface area (Å²) >= 11 is 0. The molecule has 3 heterocycles. The first kappa shape index (κ1) is 21.6. The number of rotatable bonds is 5. The molecule has 1 N–H and O–H groups in total. The van der Waals surface area contributed by atoms with Crippen LogP contribution in [0.25, 0.3) is 0 Å². The maximum atomic E-state index is 12.9. The Balaban J connectivity index is 1.23. The van der Waals surface area contributed by atoms with E-state index in [1.54, 1.807) is 6.07 Å². The number of carbonyl (C=O) groups is 1. The number of hydrogen-bond donors (Lipinski definition) is 1. The highest BCUT2D eigenvalue weighted by Crippen LogP contribution is 2.39. The van der Waals surface area contributed by atoms with Gasteiger partial charge in [-0.05, 0) is 50.2 Å². The summed E-state index contributed by atoms with van der Waals surface area (Å²) in [5.41, 5.74) is -0.0767. The third-order valence-corrected chi connectivity index (χ3v) is 6.49. The van der Waals surface area contributed by atoms with Crippen LogP contribution in [0.2, 0.25) is 0 Å². The van der Waals surface area contributed by atoms with E-state index in [2.05, 4.69) is 10.2 Å².